The van der Waals surface area contributed by atoms with E-state index >= 15 is 0 Å². The zero-order valence-electron chi connectivity index (χ0n) is 9.96. The third-order valence-corrected chi connectivity index (χ3v) is 2.66. The molecule has 1 aromatic rings. The number of nitro benzene ring substituents is 1. The van der Waals surface area contributed by atoms with Gasteiger partial charge in [0.25, 0.3) is 5.91 Å². The van der Waals surface area contributed by atoms with Crippen LogP contribution in [0.2, 0.25) is 0 Å². The van der Waals surface area contributed by atoms with Crippen LogP contribution in [0.4, 0.5) is 5.69 Å². The lowest BCUT2D eigenvalue weighted by molar-refractivity contribution is -0.386. The number of nitro groups is 1. The predicted molar refractivity (Wildman–Crippen MR) is 64.4 cm³/mol. The zero-order valence-corrected chi connectivity index (χ0v) is 9.96. The van der Waals surface area contributed by atoms with E-state index in [4.69, 9.17) is 4.74 Å². The van der Waals surface area contributed by atoms with E-state index in [0.29, 0.717) is 0 Å². The molecule has 18 heavy (non-hydrogen) atoms. The van der Waals surface area contributed by atoms with Gasteiger partial charge in [0.05, 0.1) is 4.92 Å². The minimum Gasteiger partial charge on any atom is -0.474 e. The number of hydrogen-bond acceptors (Lipinski definition) is 4. The van der Waals surface area contributed by atoms with Crippen molar-refractivity contribution in [3.8, 4) is 5.75 Å². The molecule has 0 radical (unpaired) electrons. The van der Waals surface area contributed by atoms with Gasteiger partial charge in [-0.2, -0.15) is 0 Å². The zero-order chi connectivity index (χ0) is 13.1. The molecule has 0 aromatic heterocycles. The van der Waals surface area contributed by atoms with Crippen molar-refractivity contribution < 1.29 is 14.5 Å². The van der Waals surface area contributed by atoms with Crippen LogP contribution in [0.5, 0.6) is 5.75 Å². The Morgan fingerprint density at radius 1 is 1.50 bits per heavy atom. The molecule has 0 heterocycles. The van der Waals surface area contributed by atoms with Gasteiger partial charge in [-0.25, -0.2) is 0 Å². The summed E-state index contributed by atoms with van der Waals surface area (Å²) in [5.74, 6) is -0.128. The van der Waals surface area contributed by atoms with Crippen LogP contribution in [-0.4, -0.2) is 23.0 Å². The summed E-state index contributed by atoms with van der Waals surface area (Å²) in [6.45, 7) is 1.58. The van der Waals surface area contributed by atoms with Crippen molar-refractivity contribution in [1.82, 2.24) is 5.32 Å². The average molecular weight is 250 g/mol. The molecule has 1 aromatic carbocycles. The molecular weight excluding hydrogens is 236 g/mol. The van der Waals surface area contributed by atoms with E-state index < -0.39 is 11.0 Å². The Labute approximate surface area is 104 Å². The highest BCUT2D eigenvalue weighted by atomic mass is 16.6. The van der Waals surface area contributed by atoms with E-state index in [0.717, 1.165) is 12.8 Å². The molecule has 1 aliphatic rings. The third kappa shape index (κ3) is 2.97. The summed E-state index contributed by atoms with van der Waals surface area (Å²) in [7, 11) is 0. The van der Waals surface area contributed by atoms with Crippen LogP contribution in [-0.2, 0) is 4.79 Å². The first-order valence-electron chi connectivity index (χ1n) is 5.78. The summed E-state index contributed by atoms with van der Waals surface area (Å²) < 4.78 is 5.34. The number of ether oxygens (including phenoxy) is 1. The van der Waals surface area contributed by atoms with Crippen LogP contribution in [0, 0.1) is 10.1 Å². The van der Waals surface area contributed by atoms with Gasteiger partial charge in [-0.05, 0) is 25.8 Å². The first-order valence-corrected chi connectivity index (χ1v) is 5.78. The van der Waals surface area contributed by atoms with Gasteiger partial charge in [0.1, 0.15) is 0 Å². The van der Waals surface area contributed by atoms with Gasteiger partial charge in [-0.3, -0.25) is 14.9 Å². The summed E-state index contributed by atoms with van der Waals surface area (Å²) in [6, 6.07) is 6.27. The number of carbonyl (C=O) groups is 1. The van der Waals surface area contributed by atoms with Crippen molar-refractivity contribution >= 4 is 11.6 Å². The van der Waals surface area contributed by atoms with Gasteiger partial charge in [0.15, 0.2) is 11.9 Å². The molecular formula is C12H14N2O4. The molecule has 1 fully saturated rings. The fraction of sp³-hybridized carbons (Fsp3) is 0.417. The predicted octanol–water partition coefficient (Wildman–Crippen LogP) is 1.64. The molecule has 1 atom stereocenters. The summed E-state index contributed by atoms with van der Waals surface area (Å²) in [5.41, 5.74) is -0.136. The first kappa shape index (κ1) is 12.3. The second kappa shape index (κ2) is 5.03. The Morgan fingerprint density at radius 3 is 2.78 bits per heavy atom. The molecule has 0 bridgehead atoms. The second-order valence-corrected chi connectivity index (χ2v) is 4.27. The molecule has 0 saturated heterocycles. The van der Waals surface area contributed by atoms with Crippen LogP contribution < -0.4 is 10.1 Å². The molecule has 2 rings (SSSR count). The van der Waals surface area contributed by atoms with Gasteiger partial charge >= 0.3 is 5.69 Å². The van der Waals surface area contributed by atoms with Crippen molar-refractivity contribution in [2.75, 3.05) is 0 Å². The van der Waals surface area contributed by atoms with Crippen LogP contribution in [0.3, 0.4) is 0 Å². The van der Waals surface area contributed by atoms with Gasteiger partial charge in [0, 0.05) is 12.1 Å². The lowest BCUT2D eigenvalue weighted by Gasteiger charge is -2.14. The topological polar surface area (TPSA) is 81.5 Å². The van der Waals surface area contributed by atoms with Crippen LogP contribution in [0.25, 0.3) is 0 Å². The number of amides is 1. The maximum atomic E-state index is 11.7. The largest absolute Gasteiger partial charge is 0.474 e. The standard InChI is InChI=1S/C12H14N2O4/c1-8(12(15)13-9-6-7-9)18-11-5-3-2-4-10(11)14(16)17/h2-5,8-9H,6-7H2,1H3,(H,13,15)/t8-/m0/s1. The summed E-state index contributed by atoms with van der Waals surface area (Å²) in [6.07, 6.45) is 1.24. The minimum atomic E-state index is -0.744. The number of benzene rings is 1. The maximum absolute atomic E-state index is 11.7. The average Bonchev–Trinajstić information content (AvgIpc) is 3.13. The van der Waals surface area contributed by atoms with E-state index in [-0.39, 0.29) is 23.4 Å². The van der Waals surface area contributed by atoms with Crippen molar-refractivity contribution in [2.45, 2.75) is 31.9 Å². The number of para-hydroxylation sites is 2. The smallest absolute Gasteiger partial charge is 0.310 e. The second-order valence-electron chi connectivity index (χ2n) is 4.27. The molecule has 0 unspecified atom stereocenters. The molecule has 96 valence electrons. The fourth-order valence-corrected chi connectivity index (χ4v) is 1.50. The van der Waals surface area contributed by atoms with Gasteiger partial charge < -0.3 is 10.1 Å². The molecule has 6 heteroatoms. The normalized spacial score (nSPS) is 15.8. The maximum Gasteiger partial charge on any atom is 0.310 e. The Balaban J connectivity index is 2.03. The van der Waals surface area contributed by atoms with Crippen LogP contribution in [0.1, 0.15) is 19.8 Å². The summed E-state index contributed by atoms with van der Waals surface area (Å²) in [5, 5.41) is 13.6. The highest BCUT2D eigenvalue weighted by Gasteiger charge is 2.27. The van der Waals surface area contributed by atoms with Crippen LogP contribution in [0.15, 0.2) is 24.3 Å². The summed E-state index contributed by atoms with van der Waals surface area (Å²) >= 11 is 0. The lowest BCUT2D eigenvalue weighted by Crippen LogP contribution is -2.37. The molecule has 1 N–H and O–H groups in total. The Hall–Kier alpha value is -2.11. The van der Waals surface area contributed by atoms with E-state index in [1.807, 2.05) is 0 Å². The quantitative estimate of drug-likeness (QED) is 0.636. The fourth-order valence-electron chi connectivity index (χ4n) is 1.50. The van der Waals surface area contributed by atoms with Gasteiger partial charge in [0.2, 0.25) is 0 Å². The lowest BCUT2D eigenvalue weighted by atomic mass is 10.3. The monoisotopic (exact) mass is 250 g/mol. The Morgan fingerprint density at radius 2 is 2.17 bits per heavy atom. The van der Waals surface area contributed by atoms with Crippen LogP contribution >= 0.6 is 0 Å². The highest BCUT2D eigenvalue weighted by Crippen LogP contribution is 2.27. The van der Waals surface area contributed by atoms with E-state index in [1.54, 1.807) is 19.1 Å². The van der Waals surface area contributed by atoms with Gasteiger partial charge in [-0.15, -0.1) is 0 Å². The third-order valence-electron chi connectivity index (χ3n) is 2.66. The molecule has 0 aliphatic heterocycles. The number of hydrogen-bond donors (Lipinski definition) is 1. The Kier molecular flexibility index (Phi) is 3.45. The van der Waals surface area contributed by atoms with E-state index in [9.17, 15) is 14.9 Å². The SMILES string of the molecule is C[C@H](Oc1ccccc1[N+](=O)[O-])C(=O)NC1CC1. The molecule has 6 nitrogen and oxygen atoms in total. The minimum absolute atomic E-state index is 0.112. The molecule has 1 aliphatic carbocycles. The highest BCUT2D eigenvalue weighted by molar-refractivity contribution is 5.81. The number of rotatable bonds is 5. The van der Waals surface area contributed by atoms with Gasteiger partial charge in [-0.1, -0.05) is 12.1 Å². The first-order chi connectivity index (χ1) is 8.58. The van der Waals surface area contributed by atoms with E-state index in [2.05, 4.69) is 5.32 Å². The van der Waals surface area contributed by atoms with Crippen molar-refractivity contribution in [3.63, 3.8) is 0 Å². The van der Waals surface area contributed by atoms with E-state index in [1.165, 1.54) is 12.1 Å². The molecule has 1 saturated carbocycles. The van der Waals surface area contributed by atoms with Crippen molar-refractivity contribution in [1.29, 1.82) is 0 Å². The molecule has 0 spiro atoms. The Bertz CT molecular complexity index is 471. The number of nitrogens with zero attached hydrogens (tertiary/aromatic N) is 1. The summed E-state index contributed by atoms with van der Waals surface area (Å²) in [4.78, 5) is 21.9. The van der Waals surface area contributed by atoms with Crippen molar-refractivity contribution in [2.24, 2.45) is 0 Å². The number of nitrogens with one attached hydrogen (secondary N) is 1. The molecule has 1 amide bonds. The number of carbonyl (C=O) groups excluding carboxylic acids is 1. The van der Waals surface area contributed by atoms with Crippen molar-refractivity contribution in [3.05, 3.63) is 34.4 Å².